The first-order chi connectivity index (χ1) is 17.7. The van der Waals surface area contributed by atoms with E-state index in [4.69, 9.17) is 0 Å². The quantitative estimate of drug-likeness (QED) is 0.259. The Morgan fingerprint density at radius 2 is 1.50 bits per heavy atom. The Balaban J connectivity index is 1.19. The van der Waals surface area contributed by atoms with Crippen molar-refractivity contribution in [3.63, 3.8) is 0 Å². The van der Waals surface area contributed by atoms with Crippen LogP contribution in [0.1, 0.15) is 32.4 Å². The molecule has 180 valence electrons. The van der Waals surface area contributed by atoms with Gasteiger partial charge in [0.1, 0.15) is 5.37 Å². The minimum absolute atomic E-state index is 0.0453. The van der Waals surface area contributed by atoms with Crippen molar-refractivity contribution in [1.29, 1.82) is 0 Å². The van der Waals surface area contributed by atoms with E-state index in [-0.39, 0.29) is 17.2 Å². The van der Waals surface area contributed by atoms with Gasteiger partial charge in [0.25, 0.3) is 5.91 Å². The Bertz CT molecular complexity index is 1310. The molecular formula is C30H26N2O2S2. The van der Waals surface area contributed by atoms with Gasteiger partial charge in [-0.3, -0.25) is 9.59 Å². The van der Waals surface area contributed by atoms with E-state index in [0.717, 1.165) is 22.6 Å². The lowest BCUT2D eigenvalue weighted by Crippen LogP contribution is -2.27. The third-order valence-corrected chi connectivity index (χ3v) is 8.32. The molecule has 0 unspecified atom stereocenters. The second kappa shape index (κ2) is 11.5. The van der Waals surface area contributed by atoms with Crippen LogP contribution in [0.2, 0.25) is 0 Å². The Morgan fingerprint density at radius 1 is 0.833 bits per heavy atom. The van der Waals surface area contributed by atoms with Gasteiger partial charge in [-0.25, -0.2) is 0 Å². The zero-order valence-corrected chi connectivity index (χ0v) is 21.3. The second-order valence-electron chi connectivity index (χ2n) is 8.55. The second-order valence-corrected chi connectivity index (χ2v) is 10.7. The van der Waals surface area contributed by atoms with Gasteiger partial charge in [0.05, 0.1) is 5.75 Å². The third kappa shape index (κ3) is 6.01. The molecule has 2 amide bonds. The molecule has 1 aliphatic heterocycles. The molecule has 4 aromatic carbocycles. The molecule has 36 heavy (non-hydrogen) atoms. The summed E-state index contributed by atoms with van der Waals surface area (Å²) in [5.74, 6) is 1.34. The average Bonchev–Trinajstić information content (AvgIpc) is 3.29. The van der Waals surface area contributed by atoms with Crippen LogP contribution in [0.3, 0.4) is 0 Å². The van der Waals surface area contributed by atoms with Crippen LogP contribution in [-0.4, -0.2) is 22.5 Å². The molecule has 0 radical (unpaired) electrons. The molecule has 1 atom stereocenters. The zero-order valence-electron chi connectivity index (χ0n) is 19.7. The molecule has 0 spiro atoms. The molecule has 0 aliphatic carbocycles. The highest BCUT2D eigenvalue weighted by Gasteiger charge is 2.32. The van der Waals surface area contributed by atoms with Gasteiger partial charge in [0, 0.05) is 28.4 Å². The number of carbonyl (C=O) groups is 2. The van der Waals surface area contributed by atoms with Crippen molar-refractivity contribution in [3.8, 4) is 0 Å². The number of carbonyl (C=O) groups excluding carboxylic acids is 2. The molecule has 1 aliphatic rings. The summed E-state index contributed by atoms with van der Waals surface area (Å²) in [4.78, 5) is 28.5. The summed E-state index contributed by atoms with van der Waals surface area (Å²) in [7, 11) is 0. The van der Waals surface area contributed by atoms with Gasteiger partial charge in [-0.1, -0.05) is 72.8 Å². The fourth-order valence-electron chi connectivity index (χ4n) is 4.05. The van der Waals surface area contributed by atoms with Gasteiger partial charge in [-0.2, -0.15) is 0 Å². The SMILES string of the molecule is O=C(Nc1ccc(CSc2ccccc2)cc1)c1ccc([C@@H]2SCC(=O)N2Cc2ccccc2)cc1. The first kappa shape index (κ1) is 24.2. The summed E-state index contributed by atoms with van der Waals surface area (Å²) < 4.78 is 0. The summed E-state index contributed by atoms with van der Waals surface area (Å²) in [6, 6.07) is 35.9. The van der Waals surface area contributed by atoms with Crippen LogP contribution < -0.4 is 5.32 Å². The molecule has 1 heterocycles. The van der Waals surface area contributed by atoms with E-state index in [0.29, 0.717) is 17.9 Å². The van der Waals surface area contributed by atoms with Crippen LogP contribution in [0.15, 0.2) is 114 Å². The molecule has 4 aromatic rings. The largest absolute Gasteiger partial charge is 0.322 e. The van der Waals surface area contributed by atoms with Crippen molar-refractivity contribution in [1.82, 2.24) is 4.90 Å². The number of rotatable bonds is 8. The smallest absolute Gasteiger partial charge is 0.255 e. The van der Waals surface area contributed by atoms with E-state index in [1.54, 1.807) is 23.5 Å². The van der Waals surface area contributed by atoms with Gasteiger partial charge in [0.2, 0.25) is 5.91 Å². The van der Waals surface area contributed by atoms with Gasteiger partial charge < -0.3 is 10.2 Å². The fourth-order valence-corrected chi connectivity index (χ4v) is 6.11. The lowest BCUT2D eigenvalue weighted by molar-refractivity contribution is -0.128. The number of hydrogen-bond donors (Lipinski definition) is 1. The monoisotopic (exact) mass is 510 g/mol. The first-order valence-electron chi connectivity index (χ1n) is 11.8. The van der Waals surface area contributed by atoms with Gasteiger partial charge >= 0.3 is 0 Å². The summed E-state index contributed by atoms with van der Waals surface area (Å²) >= 11 is 3.41. The third-order valence-electron chi connectivity index (χ3n) is 5.98. The lowest BCUT2D eigenvalue weighted by Gasteiger charge is -2.24. The number of nitrogens with one attached hydrogen (secondary N) is 1. The van der Waals surface area contributed by atoms with Crippen LogP contribution in [0.5, 0.6) is 0 Å². The van der Waals surface area contributed by atoms with Crippen molar-refractivity contribution >= 4 is 41.0 Å². The number of thioether (sulfide) groups is 2. The normalized spacial score (nSPS) is 15.2. The van der Waals surface area contributed by atoms with Gasteiger partial charge in [0.15, 0.2) is 0 Å². The number of anilines is 1. The summed E-state index contributed by atoms with van der Waals surface area (Å²) in [5.41, 5.74) is 4.70. The van der Waals surface area contributed by atoms with Crippen molar-refractivity contribution in [3.05, 3.63) is 131 Å². The lowest BCUT2D eigenvalue weighted by atomic mass is 10.1. The molecule has 1 fully saturated rings. The Kier molecular flexibility index (Phi) is 7.74. The predicted molar refractivity (Wildman–Crippen MR) is 149 cm³/mol. The minimum atomic E-state index is -0.149. The standard InChI is InChI=1S/C30H26N2O2S2/c33-28-21-36-30(32(28)19-22-7-3-1-4-8-22)25-15-13-24(14-16-25)29(34)31-26-17-11-23(12-18-26)20-35-27-9-5-2-6-10-27/h1-18,30H,19-21H2,(H,31,34)/t30-/m0/s1. The maximum Gasteiger partial charge on any atom is 0.255 e. The number of hydrogen-bond acceptors (Lipinski definition) is 4. The first-order valence-corrected chi connectivity index (χ1v) is 13.8. The van der Waals surface area contributed by atoms with Gasteiger partial charge in [-0.15, -0.1) is 23.5 Å². The minimum Gasteiger partial charge on any atom is -0.322 e. The van der Waals surface area contributed by atoms with Gasteiger partial charge in [-0.05, 0) is 53.1 Å². The van der Waals surface area contributed by atoms with Crippen molar-refractivity contribution in [2.75, 3.05) is 11.1 Å². The van der Waals surface area contributed by atoms with E-state index in [2.05, 4.69) is 17.4 Å². The zero-order chi connectivity index (χ0) is 24.7. The van der Waals surface area contributed by atoms with E-state index >= 15 is 0 Å². The molecule has 5 rings (SSSR count). The van der Waals surface area contributed by atoms with Crippen molar-refractivity contribution < 1.29 is 9.59 Å². The molecule has 1 N–H and O–H groups in total. The Hall–Kier alpha value is -3.48. The van der Waals surface area contributed by atoms with Crippen LogP contribution in [0, 0.1) is 0 Å². The molecule has 0 aromatic heterocycles. The average molecular weight is 511 g/mol. The number of benzene rings is 4. The van der Waals surface area contributed by atoms with Crippen LogP contribution in [0.4, 0.5) is 5.69 Å². The number of nitrogens with zero attached hydrogens (tertiary/aromatic N) is 1. The van der Waals surface area contributed by atoms with Crippen molar-refractivity contribution in [2.24, 2.45) is 0 Å². The van der Waals surface area contributed by atoms with Crippen LogP contribution in [0.25, 0.3) is 0 Å². The van der Waals surface area contributed by atoms with E-state index in [1.165, 1.54) is 10.5 Å². The maximum atomic E-state index is 12.8. The fraction of sp³-hybridized carbons (Fsp3) is 0.133. The highest BCUT2D eigenvalue weighted by atomic mass is 32.2. The highest BCUT2D eigenvalue weighted by molar-refractivity contribution is 8.00. The molecular weight excluding hydrogens is 484 g/mol. The molecule has 6 heteroatoms. The highest BCUT2D eigenvalue weighted by Crippen LogP contribution is 2.39. The van der Waals surface area contributed by atoms with E-state index < -0.39 is 0 Å². The topological polar surface area (TPSA) is 49.4 Å². The summed E-state index contributed by atoms with van der Waals surface area (Å²) in [5, 5.41) is 2.94. The van der Waals surface area contributed by atoms with Crippen molar-refractivity contribution in [2.45, 2.75) is 22.6 Å². The van der Waals surface area contributed by atoms with E-state index in [9.17, 15) is 9.59 Å². The van der Waals surface area contributed by atoms with Crippen LogP contribution >= 0.6 is 23.5 Å². The molecule has 0 saturated carbocycles. The predicted octanol–water partition coefficient (Wildman–Crippen LogP) is 7.01. The Morgan fingerprint density at radius 3 is 2.19 bits per heavy atom. The Labute approximate surface area is 220 Å². The molecule has 0 bridgehead atoms. The molecule has 1 saturated heterocycles. The summed E-state index contributed by atoms with van der Waals surface area (Å²) in [6.45, 7) is 0.583. The number of amides is 2. The summed E-state index contributed by atoms with van der Waals surface area (Å²) in [6.07, 6.45) is 0. The van der Waals surface area contributed by atoms with E-state index in [1.807, 2.05) is 102 Å². The molecule has 4 nitrogen and oxygen atoms in total. The maximum absolute atomic E-state index is 12.8. The van der Waals surface area contributed by atoms with Crippen LogP contribution in [-0.2, 0) is 17.1 Å².